The van der Waals surface area contributed by atoms with Crippen LogP contribution >= 0.6 is 11.6 Å². The molecule has 0 unspecified atom stereocenters. The van der Waals surface area contributed by atoms with Crippen molar-refractivity contribution in [3.05, 3.63) is 40.8 Å². The maximum Gasteiger partial charge on any atom is 0.407 e. The topological polar surface area (TPSA) is 109 Å². The molecule has 0 spiro atoms. The molecule has 0 aliphatic heterocycles. The van der Waals surface area contributed by atoms with Crippen molar-refractivity contribution in [2.75, 3.05) is 5.32 Å². The highest BCUT2D eigenvalue weighted by Gasteiger charge is 2.30. The lowest BCUT2D eigenvalue weighted by Gasteiger charge is -2.22. The Bertz CT molecular complexity index is 877. The molecule has 1 fully saturated rings. The average Bonchev–Trinajstić information content (AvgIpc) is 3.22. The van der Waals surface area contributed by atoms with Gasteiger partial charge in [-0.1, -0.05) is 11.6 Å². The molecule has 156 valence electrons. The van der Waals surface area contributed by atoms with Gasteiger partial charge in [0.25, 0.3) is 0 Å². The Morgan fingerprint density at radius 1 is 1.31 bits per heavy atom. The molecule has 1 aliphatic carbocycles. The van der Waals surface area contributed by atoms with Crippen LogP contribution in [-0.2, 0) is 16.0 Å². The number of ether oxygens (including phenoxy) is 1. The highest BCUT2D eigenvalue weighted by atomic mass is 35.5. The SMILES string of the molecule is CC(C)(C)NC(=O)O[C@@H]1CC[C@H](c2cc(NC(=O)Cc3cc(Cl)ccn3)n[nH]2)C1. The van der Waals surface area contributed by atoms with Crippen LogP contribution in [0, 0.1) is 0 Å². The van der Waals surface area contributed by atoms with Crippen LogP contribution in [-0.4, -0.2) is 38.8 Å². The summed E-state index contributed by atoms with van der Waals surface area (Å²) in [6.45, 7) is 5.73. The maximum atomic E-state index is 12.2. The molecule has 2 aromatic rings. The van der Waals surface area contributed by atoms with E-state index in [2.05, 4.69) is 25.8 Å². The summed E-state index contributed by atoms with van der Waals surface area (Å²) in [6.07, 6.45) is 3.56. The first-order valence-corrected chi connectivity index (χ1v) is 10.00. The molecular weight excluding hydrogens is 394 g/mol. The number of halogens is 1. The average molecular weight is 420 g/mol. The van der Waals surface area contributed by atoms with E-state index in [1.807, 2.05) is 26.8 Å². The second-order valence-electron chi connectivity index (χ2n) is 8.31. The zero-order chi connectivity index (χ0) is 21.0. The second-order valence-corrected chi connectivity index (χ2v) is 8.75. The third-order valence-electron chi connectivity index (χ3n) is 4.56. The van der Waals surface area contributed by atoms with E-state index < -0.39 is 6.09 Å². The highest BCUT2D eigenvalue weighted by Crippen LogP contribution is 2.35. The molecule has 0 aromatic carbocycles. The second kappa shape index (κ2) is 8.82. The standard InChI is InChI=1S/C20H26ClN5O3/c1-20(2,3)24-19(28)29-15-5-4-12(8-15)16-11-17(26-25-16)23-18(27)10-14-9-13(21)6-7-22-14/h6-7,9,11-12,15H,4-5,8,10H2,1-3H3,(H,24,28)(H2,23,25,26,27)/t12-,15+/m0/s1. The van der Waals surface area contributed by atoms with Crippen LogP contribution in [0.5, 0.6) is 0 Å². The van der Waals surface area contributed by atoms with Crippen molar-refractivity contribution in [1.29, 1.82) is 0 Å². The first kappa shape index (κ1) is 21.1. The van der Waals surface area contributed by atoms with Crippen LogP contribution < -0.4 is 10.6 Å². The van der Waals surface area contributed by atoms with Crippen molar-refractivity contribution in [3.63, 3.8) is 0 Å². The van der Waals surface area contributed by atoms with Crippen LogP contribution in [0.3, 0.4) is 0 Å². The van der Waals surface area contributed by atoms with Gasteiger partial charge in [0.1, 0.15) is 6.10 Å². The van der Waals surface area contributed by atoms with Gasteiger partial charge in [-0.05, 0) is 52.2 Å². The number of rotatable bonds is 5. The Morgan fingerprint density at radius 2 is 2.10 bits per heavy atom. The fraction of sp³-hybridized carbons (Fsp3) is 0.500. The lowest BCUT2D eigenvalue weighted by Crippen LogP contribution is -2.42. The minimum atomic E-state index is -0.393. The zero-order valence-electron chi connectivity index (χ0n) is 16.8. The monoisotopic (exact) mass is 419 g/mol. The number of aromatic amines is 1. The Balaban J connectivity index is 1.50. The highest BCUT2D eigenvalue weighted by molar-refractivity contribution is 6.30. The normalized spacial score (nSPS) is 19.0. The minimum absolute atomic E-state index is 0.116. The molecule has 3 N–H and O–H groups in total. The number of pyridine rings is 1. The van der Waals surface area contributed by atoms with E-state index in [9.17, 15) is 9.59 Å². The third kappa shape index (κ3) is 6.45. The lowest BCUT2D eigenvalue weighted by molar-refractivity contribution is -0.115. The largest absolute Gasteiger partial charge is 0.446 e. The molecule has 2 aromatic heterocycles. The number of anilines is 1. The molecule has 2 heterocycles. The number of alkyl carbamates (subject to hydrolysis) is 1. The van der Waals surface area contributed by atoms with Crippen molar-refractivity contribution in [1.82, 2.24) is 20.5 Å². The quantitative estimate of drug-likeness (QED) is 0.682. The first-order valence-electron chi connectivity index (χ1n) is 9.62. The number of H-pyrrole nitrogens is 1. The van der Waals surface area contributed by atoms with Gasteiger partial charge in [0.2, 0.25) is 5.91 Å². The van der Waals surface area contributed by atoms with Gasteiger partial charge < -0.3 is 15.4 Å². The maximum absolute atomic E-state index is 12.2. The van der Waals surface area contributed by atoms with E-state index >= 15 is 0 Å². The van der Waals surface area contributed by atoms with E-state index in [4.69, 9.17) is 16.3 Å². The van der Waals surface area contributed by atoms with E-state index in [1.165, 1.54) is 0 Å². The minimum Gasteiger partial charge on any atom is -0.446 e. The number of amides is 2. The molecule has 0 saturated heterocycles. The molecule has 1 saturated carbocycles. The number of nitrogens with zero attached hydrogens (tertiary/aromatic N) is 2. The van der Waals surface area contributed by atoms with Gasteiger partial charge in [0.15, 0.2) is 5.82 Å². The predicted octanol–water partition coefficient (Wildman–Crippen LogP) is 3.80. The fourth-order valence-corrected chi connectivity index (χ4v) is 3.51. The predicted molar refractivity (Wildman–Crippen MR) is 110 cm³/mol. The number of carbonyl (C=O) groups excluding carboxylic acids is 2. The summed E-state index contributed by atoms with van der Waals surface area (Å²) in [4.78, 5) is 28.3. The fourth-order valence-electron chi connectivity index (χ4n) is 3.32. The van der Waals surface area contributed by atoms with Crippen LogP contribution in [0.2, 0.25) is 5.02 Å². The molecule has 1 aliphatic rings. The van der Waals surface area contributed by atoms with Gasteiger partial charge in [0.05, 0.1) is 12.1 Å². The van der Waals surface area contributed by atoms with Crippen LogP contribution in [0.15, 0.2) is 24.4 Å². The van der Waals surface area contributed by atoms with Crippen molar-refractivity contribution in [2.24, 2.45) is 0 Å². The summed E-state index contributed by atoms with van der Waals surface area (Å²) in [7, 11) is 0. The first-order chi connectivity index (χ1) is 13.7. The van der Waals surface area contributed by atoms with Gasteiger partial charge in [-0.3, -0.25) is 14.9 Å². The van der Waals surface area contributed by atoms with E-state index in [1.54, 1.807) is 18.3 Å². The molecule has 2 amide bonds. The summed E-state index contributed by atoms with van der Waals surface area (Å²) in [5.41, 5.74) is 1.19. The smallest absolute Gasteiger partial charge is 0.407 e. The number of nitrogens with one attached hydrogen (secondary N) is 3. The third-order valence-corrected chi connectivity index (χ3v) is 4.80. The summed E-state index contributed by atoms with van der Waals surface area (Å²) >= 11 is 5.91. The number of hydrogen-bond donors (Lipinski definition) is 3. The summed E-state index contributed by atoms with van der Waals surface area (Å²) < 4.78 is 5.51. The Kier molecular flexibility index (Phi) is 6.42. The zero-order valence-corrected chi connectivity index (χ0v) is 17.5. The molecule has 9 heteroatoms. The summed E-state index contributed by atoms with van der Waals surface area (Å²) in [5, 5.41) is 13.3. The van der Waals surface area contributed by atoms with E-state index in [0.29, 0.717) is 16.5 Å². The van der Waals surface area contributed by atoms with Gasteiger partial charge in [-0.25, -0.2) is 4.79 Å². The molecular formula is C20H26ClN5O3. The number of hydrogen-bond acceptors (Lipinski definition) is 5. The van der Waals surface area contributed by atoms with Gasteiger partial charge in [-0.15, -0.1) is 0 Å². The Labute approximate surface area is 174 Å². The Morgan fingerprint density at radius 3 is 2.83 bits per heavy atom. The van der Waals surface area contributed by atoms with Gasteiger partial charge >= 0.3 is 6.09 Å². The van der Waals surface area contributed by atoms with Crippen molar-refractivity contribution < 1.29 is 14.3 Å². The van der Waals surface area contributed by atoms with Crippen LogP contribution in [0.1, 0.15) is 57.3 Å². The van der Waals surface area contributed by atoms with E-state index in [-0.39, 0.29) is 29.9 Å². The van der Waals surface area contributed by atoms with Crippen molar-refractivity contribution in [2.45, 2.75) is 64.0 Å². The van der Waals surface area contributed by atoms with Crippen LogP contribution in [0.4, 0.5) is 10.6 Å². The van der Waals surface area contributed by atoms with Crippen LogP contribution in [0.25, 0.3) is 0 Å². The molecule has 2 atom stereocenters. The molecule has 8 nitrogen and oxygen atoms in total. The molecule has 29 heavy (non-hydrogen) atoms. The van der Waals surface area contributed by atoms with Crippen molar-refractivity contribution in [3.8, 4) is 0 Å². The number of aromatic nitrogens is 3. The molecule has 0 bridgehead atoms. The summed E-state index contributed by atoms with van der Waals surface area (Å²) in [6, 6.07) is 5.14. The van der Waals surface area contributed by atoms with Gasteiger partial charge in [0, 0.05) is 34.4 Å². The number of carbonyl (C=O) groups is 2. The van der Waals surface area contributed by atoms with E-state index in [0.717, 1.165) is 25.0 Å². The molecule has 3 rings (SSSR count). The summed E-state index contributed by atoms with van der Waals surface area (Å²) in [5.74, 6) is 0.446. The van der Waals surface area contributed by atoms with Crippen molar-refractivity contribution >= 4 is 29.4 Å². The Hall–Kier alpha value is -2.61. The van der Waals surface area contributed by atoms with Gasteiger partial charge in [-0.2, -0.15) is 5.10 Å². The molecule has 0 radical (unpaired) electrons. The lowest BCUT2D eigenvalue weighted by atomic mass is 10.0.